The molecule has 0 amide bonds. The molecule has 0 fully saturated rings. The number of benzene rings is 1. The van der Waals surface area contributed by atoms with Gasteiger partial charge in [0.1, 0.15) is 5.75 Å². The number of rotatable bonds is 5. The lowest BCUT2D eigenvalue weighted by Crippen LogP contribution is -2.11. The molecule has 0 heterocycles. The van der Waals surface area contributed by atoms with Crippen molar-refractivity contribution in [3.05, 3.63) is 28.8 Å². The Bertz CT molecular complexity index is 560. The highest BCUT2D eigenvalue weighted by Crippen LogP contribution is 2.23. The maximum Gasteiger partial charge on any atom is 0.265 e. The van der Waals surface area contributed by atoms with Gasteiger partial charge in [-0.25, -0.2) is 0 Å². The van der Waals surface area contributed by atoms with Crippen LogP contribution in [0.15, 0.2) is 12.1 Å². The number of ether oxygens (including phenoxy) is 1. The number of carbonyl (C=O) groups excluding carboxylic acids is 1. The van der Waals surface area contributed by atoms with E-state index in [0.717, 1.165) is 11.1 Å². The predicted octanol–water partition coefficient (Wildman–Crippen LogP) is 1.77. The van der Waals surface area contributed by atoms with Crippen molar-refractivity contribution < 1.29 is 22.5 Å². The summed E-state index contributed by atoms with van der Waals surface area (Å²) >= 11 is 0. The van der Waals surface area contributed by atoms with Crippen molar-refractivity contribution in [1.29, 1.82) is 0 Å². The lowest BCUT2D eigenvalue weighted by Gasteiger charge is -2.10. The van der Waals surface area contributed by atoms with Crippen molar-refractivity contribution >= 4 is 15.9 Å². The zero-order chi connectivity index (χ0) is 13.9. The molecule has 0 bridgehead atoms. The fourth-order valence-electron chi connectivity index (χ4n) is 1.67. The summed E-state index contributed by atoms with van der Waals surface area (Å²) in [6.07, 6.45) is -0.231. The molecular formula is C12H16O5S. The van der Waals surface area contributed by atoms with E-state index in [4.69, 9.17) is 9.29 Å². The molecule has 0 saturated carbocycles. The van der Waals surface area contributed by atoms with Crippen LogP contribution in [0.3, 0.4) is 0 Å². The van der Waals surface area contributed by atoms with Gasteiger partial charge in [-0.2, -0.15) is 8.42 Å². The Balaban J connectivity index is 2.97. The van der Waals surface area contributed by atoms with E-state index < -0.39 is 15.9 Å². The third-order valence-electron chi connectivity index (χ3n) is 2.63. The number of ketones is 1. The van der Waals surface area contributed by atoms with Crippen LogP contribution in [0.1, 0.15) is 27.9 Å². The fourth-order valence-corrected chi connectivity index (χ4v) is 2.11. The van der Waals surface area contributed by atoms with Gasteiger partial charge in [0.25, 0.3) is 10.1 Å². The number of hydrogen-bond donors (Lipinski definition) is 1. The Morgan fingerprint density at radius 1 is 1.28 bits per heavy atom. The van der Waals surface area contributed by atoms with E-state index >= 15 is 0 Å². The highest BCUT2D eigenvalue weighted by atomic mass is 32.2. The second-order valence-electron chi connectivity index (χ2n) is 4.10. The Kier molecular flexibility index (Phi) is 4.48. The van der Waals surface area contributed by atoms with Crippen molar-refractivity contribution in [2.75, 3.05) is 12.9 Å². The van der Waals surface area contributed by atoms with E-state index in [1.165, 1.54) is 0 Å². The lowest BCUT2D eigenvalue weighted by atomic mass is 10.00. The summed E-state index contributed by atoms with van der Waals surface area (Å²) in [7, 11) is -2.57. The van der Waals surface area contributed by atoms with Gasteiger partial charge >= 0.3 is 0 Å². The van der Waals surface area contributed by atoms with Crippen LogP contribution in [0.2, 0.25) is 0 Å². The Hall–Kier alpha value is -1.40. The first-order chi connectivity index (χ1) is 8.24. The van der Waals surface area contributed by atoms with Gasteiger partial charge in [-0.1, -0.05) is 0 Å². The van der Waals surface area contributed by atoms with E-state index in [1.807, 2.05) is 0 Å². The standard InChI is InChI=1S/C12H16O5S/c1-8-7-12(17-3)9(2)6-10(8)11(13)4-5-18(14,15)16/h6-7H,4-5H2,1-3H3,(H,14,15,16). The molecule has 18 heavy (non-hydrogen) atoms. The van der Waals surface area contributed by atoms with Crippen molar-refractivity contribution in [2.45, 2.75) is 20.3 Å². The van der Waals surface area contributed by atoms with Gasteiger partial charge in [0.15, 0.2) is 5.78 Å². The Morgan fingerprint density at radius 2 is 1.89 bits per heavy atom. The van der Waals surface area contributed by atoms with E-state index in [2.05, 4.69) is 0 Å². The molecule has 0 aliphatic heterocycles. The zero-order valence-corrected chi connectivity index (χ0v) is 11.4. The predicted molar refractivity (Wildman–Crippen MR) is 67.8 cm³/mol. The van der Waals surface area contributed by atoms with E-state index in [0.29, 0.717) is 11.3 Å². The molecule has 1 aromatic rings. The van der Waals surface area contributed by atoms with Crippen LogP contribution in [0.4, 0.5) is 0 Å². The quantitative estimate of drug-likeness (QED) is 0.652. The SMILES string of the molecule is COc1cc(C)c(C(=O)CCS(=O)(=O)O)cc1C. The normalized spacial score (nSPS) is 11.3. The average Bonchev–Trinajstić information content (AvgIpc) is 2.27. The van der Waals surface area contributed by atoms with Crippen LogP contribution in [-0.2, 0) is 10.1 Å². The molecule has 1 rings (SSSR count). The number of carbonyl (C=O) groups is 1. The largest absolute Gasteiger partial charge is 0.496 e. The molecule has 0 radical (unpaired) electrons. The van der Waals surface area contributed by atoms with E-state index in [9.17, 15) is 13.2 Å². The molecule has 0 aliphatic carbocycles. The van der Waals surface area contributed by atoms with Gasteiger partial charge in [0, 0.05) is 12.0 Å². The first-order valence-corrected chi connectivity index (χ1v) is 6.99. The summed E-state index contributed by atoms with van der Waals surface area (Å²) < 4.78 is 35.0. The molecule has 100 valence electrons. The molecule has 5 nitrogen and oxygen atoms in total. The summed E-state index contributed by atoms with van der Waals surface area (Å²) in [4.78, 5) is 11.8. The monoisotopic (exact) mass is 272 g/mol. The van der Waals surface area contributed by atoms with Crippen LogP contribution in [0, 0.1) is 13.8 Å². The fraction of sp³-hybridized carbons (Fsp3) is 0.417. The van der Waals surface area contributed by atoms with Crippen molar-refractivity contribution in [1.82, 2.24) is 0 Å². The van der Waals surface area contributed by atoms with Crippen molar-refractivity contribution in [3.8, 4) is 5.75 Å². The van der Waals surface area contributed by atoms with Gasteiger partial charge in [0.2, 0.25) is 0 Å². The van der Waals surface area contributed by atoms with Crippen LogP contribution in [-0.4, -0.2) is 31.6 Å². The minimum atomic E-state index is -4.11. The maximum atomic E-state index is 11.8. The third-order valence-corrected chi connectivity index (χ3v) is 3.35. The van der Waals surface area contributed by atoms with Crippen LogP contribution in [0.5, 0.6) is 5.75 Å². The van der Waals surface area contributed by atoms with Gasteiger partial charge in [-0.15, -0.1) is 0 Å². The minimum absolute atomic E-state index is 0.231. The first kappa shape index (κ1) is 14.7. The summed E-state index contributed by atoms with van der Waals surface area (Å²) in [5, 5.41) is 0. The van der Waals surface area contributed by atoms with Gasteiger partial charge < -0.3 is 4.74 Å². The molecule has 6 heteroatoms. The number of methoxy groups -OCH3 is 1. The lowest BCUT2D eigenvalue weighted by molar-refractivity contribution is 0.0987. The molecular weight excluding hydrogens is 256 g/mol. The number of Topliss-reactive ketones (excluding diaryl/α,β-unsaturated/α-hetero) is 1. The van der Waals surface area contributed by atoms with Crippen molar-refractivity contribution in [2.24, 2.45) is 0 Å². The van der Waals surface area contributed by atoms with E-state index in [1.54, 1.807) is 33.1 Å². The summed E-state index contributed by atoms with van der Waals surface area (Å²) in [5.74, 6) is -0.189. The summed E-state index contributed by atoms with van der Waals surface area (Å²) in [6.45, 7) is 3.56. The minimum Gasteiger partial charge on any atom is -0.496 e. The average molecular weight is 272 g/mol. The first-order valence-electron chi connectivity index (χ1n) is 5.38. The molecule has 0 spiro atoms. The van der Waals surface area contributed by atoms with Gasteiger partial charge in [0.05, 0.1) is 12.9 Å². The number of hydrogen-bond acceptors (Lipinski definition) is 4. The molecule has 1 N–H and O–H groups in total. The molecule has 0 aliphatic rings. The summed E-state index contributed by atoms with van der Waals surface area (Å²) in [6, 6.07) is 3.40. The van der Waals surface area contributed by atoms with Crippen LogP contribution in [0.25, 0.3) is 0 Å². The molecule has 1 aromatic carbocycles. The molecule has 0 aromatic heterocycles. The Morgan fingerprint density at radius 3 is 2.39 bits per heavy atom. The molecule has 0 atom stereocenters. The highest BCUT2D eigenvalue weighted by molar-refractivity contribution is 7.85. The van der Waals surface area contributed by atoms with Gasteiger partial charge in [-0.05, 0) is 37.1 Å². The second kappa shape index (κ2) is 5.49. The molecule has 0 unspecified atom stereocenters. The summed E-state index contributed by atoms with van der Waals surface area (Å²) in [5.41, 5.74) is 1.98. The van der Waals surface area contributed by atoms with E-state index in [-0.39, 0.29) is 12.2 Å². The highest BCUT2D eigenvalue weighted by Gasteiger charge is 2.15. The Labute approximate surface area is 107 Å². The van der Waals surface area contributed by atoms with Crippen molar-refractivity contribution in [3.63, 3.8) is 0 Å². The topological polar surface area (TPSA) is 80.7 Å². The zero-order valence-electron chi connectivity index (χ0n) is 10.6. The molecule has 0 saturated heterocycles. The van der Waals surface area contributed by atoms with Crippen LogP contribution >= 0.6 is 0 Å². The maximum absolute atomic E-state index is 11.8. The van der Waals surface area contributed by atoms with Gasteiger partial charge in [-0.3, -0.25) is 9.35 Å². The second-order valence-corrected chi connectivity index (χ2v) is 5.67. The van der Waals surface area contributed by atoms with Crippen LogP contribution < -0.4 is 4.74 Å². The smallest absolute Gasteiger partial charge is 0.265 e. The third kappa shape index (κ3) is 3.82. The number of aryl methyl sites for hydroxylation is 2.